The molecule has 6 nitrogen and oxygen atoms in total. The number of aromatic nitrogens is 1. The molecule has 2 N–H and O–H groups in total. The standard InChI is InChI=1S/C17H16N2O4/c1-2-21-17(20)15-13(18)12-9-5-3-6-10(9)14(19-16(12)23-15)11-7-4-8-22-11/h4,7-8H,2-3,5-6,18H2,1H3. The molecule has 0 aliphatic heterocycles. The van der Waals surface area contributed by atoms with Crippen molar-refractivity contribution in [3.8, 4) is 11.5 Å². The van der Waals surface area contributed by atoms with Gasteiger partial charge in [0.1, 0.15) is 5.69 Å². The number of furan rings is 2. The Hall–Kier alpha value is -2.76. The lowest BCUT2D eigenvalue weighted by atomic mass is 10.0. The molecular formula is C17H16N2O4. The first-order valence-electron chi connectivity index (χ1n) is 7.65. The minimum atomic E-state index is -0.561. The highest BCUT2D eigenvalue weighted by atomic mass is 16.5. The van der Waals surface area contributed by atoms with Gasteiger partial charge in [0.15, 0.2) is 5.76 Å². The molecule has 1 aliphatic rings. The third-order valence-corrected chi connectivity index (χ3v) is 4.16. The van der Waals surface area contributed by atoms with E-state index in [9.17, 15) is 4.79 Å². The highest BCUT2D eigenvalue weighted by Gasteiger charge is 2.29. The Balaban J connectivity index is 1.98. The zero-order valence-electron chi connectivity index (χ0n) is 12.7. The summed E-state index contributed by atoms with van der Waals surface area (Å²) in [5.74, 6) is 0.159. The largest absolute Gasteiger partial charge is 0.463 e. The minimum absolute atomic E-state index is 0.0278. The number of carbonyl (C=O) groups is 1. The number of aryl methyl sites for hydroxylation is 1. The molecule has 0 atom stereocenters. The maximum Gasteiger partial charge on any atom is 0.376 e. The first-order valence-corrected chi connectivity index (χ1v) is 7.65. The van der Waals surface area contributed by atoms with E-state index in [1.54, 1.807) is 13.2 Å². The smallest absolute Gasteiger partial charge is 0.376 e. The fourth-order valence-corrected chi connectivity index (χ4v) is 3.22. The first-order chi connectivity index (χ1) is 11.2. The van der Waals surface area contributed by atoms with E-state index in [1.807, 2.05) is 12.1 Å². The molecule has 0 saturated carbocycles. The van der Waals surface area contributed by atoms with Crippen molar-refractivity contribution in [1.82, 2.24) is 4.98 Å². The van der Waals surface area contributed by atoms with Crippen LogP contribution in [0.2, 0.25) is 0 Å². The fourth-order valence-electron chi connectivity index (χ4n) is 3.22. The van der Waals surface area contributed by atoms with Gasteiger partial charge in [-0.05, 0) is 49.4 Å². The molecule has 0 saturated heterocycles. The third-order valence-electron chi connectivity index (χ3n) is 4.16. The van der Waals surface area contributed by atoms with Crippen LogP contribution in [0.3, 0.4) is 0 Å². The monoisotopic (exact) mass is 312 g/mol. The van der Waals surface area contributed by atoms with Gasteiger partial charge in [0.2, 0.25) is 11.5 Å². The number of carbonyl (C=O) groups excluding carboxylic acids is 1. The number of nitrogens with two attached hydrogens (primary N) is 1. The summed E-state index contributed by atoms with van der Waals surface area (Å²) in [6.07, 6.45) is 4.42. The lowest BCUT2D eigenvalue weighted by molar-refractivity contribution is 0.0494. The molecule has 3 heterocycles. The predicted octanol–water partition coefficient (Wildman–Crippen LogP) is 3.34. The second kappa shape index (κ2) is 5.15. The van der Waals surface area contributed by atoms with Crippen LogP contribution >= 0.6 is 0 Å². The van der Waals surface area contributed by atoms with Gasteiger partial charge in [-0.1, -0.05) is 0 Å². The Kier molecular flexibility index (Phi) is 3.11. The Morgan fingerprint density at radius 1 is 1.39 bits per heavy atom. The summed E-state index contributed by atoms with van der Waals surface area (Å²) in [5, 5.41) is 0.732. The van der Waals surface area contributed by atoms with E-state index < -0.39 is 5.97 Å². The average Bonchev–Trinajstić information content (AvgIpc) is 3.25. The number of anilines is 1. The molecule has 0 spiro atoms. The quantitative estimate of drug-likeness (QED) is 0.746. The Labute approximate surface area is 132 Å². The van der Waals surface area contributed by atoms with Gasteiger partial charge in [-0.25, -0.2) is 9.78 Å². The molecule has 0 fully saturated rings. The number of ether oxygens (including phenoxy) is 1. The Bertz CT molecular complexity index is 893. The lowest BCUT2D eigenvalue weighted by Gasteiger charge is -2.06. The van der Waals surface area contributed by atoms with Crippen molar-refractivity contribution >= 4 is 22.8 Å². The SMILES string of the molecule is CCOC(=O)c1oc2nc(-c3ccco3)c3c(c2c1N)CCC3. The molecule has 0 aromatic carbocycles. The van der Waals surface area contributed by atoms with E-state index in [2.05, 4.69) is 4.98 Å². The number of esters is 1. The number of hydrogen-bond donors (Lipinski definition) is 1. The van der Waals surface area contributed by atoms with E-state index in [-0.39, 0.29) is 12.4 Å². The fraction of sp³-hybridized carbons (Fsp3) is 0.294. The molecule has 23 heavy (non-hydrogen) atoms. The summed E-state index contributed by atoms with van der Waals surface area (Å²) >= 11 is 0. The maximum atomic E-state index is 12.0. The summed E-state index contributed by atoms with van der Waals surface area (Å²) in [6, 6.07) is 3.69. The van der Waals surface area contributed by atoms with Gasteiger partial charge >= 0.3 is 5.97 Å². The molecule has 3 aromatic rings. The van der Waals surface area contributed by atoms with Gasteiger partial charge in [0.05, 0.1) is 23.9 Å². The number of fused-ring (bicyclic) bond motifs is 3. The van der Waals surface area contributed by atoms with Gasteiger partial charge < -0.3 is 19.3 Å². The zero-order valence-corrected chi connectivity index (χ0v) is 12.7. The van der Waals surface area contributed by atoms with Crippen LogP contribution in [0.15, 0.2) is 27.2 Å². The summed E-state index contributed by atoms with van der Waals surface area (Å²) in [4.78, 5) is 16.6. The summed E-state index contributed by atoms with van der Waals surface area (Å²) in [5.41, 5.74) is 9.81. The summed E-state index contributed by atoms with van der Waals surface area (Å²) in [7, 11) is 0. The van der Waals surface area contributed by atoms with E-state index >= 15 is 0 Å². The van der Waals surface area contributed by atoms with Gasteiger partial charge in [-0.15, -0.1) is 0 Å². The van der Waals surface area contributed by atoms with Gasteiger partial charge in [0.25, 0.3) is 0 Å². The number of nitrogen functional groups attached to an aromatic ring is 1. The van der Waals surface area contributed by atoms with Crippen LogP contribution < -0.4 is 5.73 Å². The van der Waals surface area contributed by atoms with Crippen molar-refractivity contribution in [1.29, 1.82) is 0 Å². The van der Waals surface area contributed by atoms with Gasteiger partial charge in [0, 0.05) is 0 Å². The highest BCUT2D eigenvalue weighted by molar-refractivity contribution is 6.04. The lowest BCUT2D eigenvalue weighted by Crippen LogP contribution is -2.05. The van der Waals surface area contributed by atoms with E-state index in [1.165, 1.54) is 0 Å². The number of pyridine rings is 1. The Morgan fingerprint density at radius 2 is 2.22 bits per heavy atom. The van der Waals surface area contributed by atoms with Gasteiger partial charge in [-0.3, -0.25) is 0 Å². The maximum absolute atomic E-state index is 12.0. The normalized spacial score (nSPS) is 13.4. The first kappa shape index (κ1) is 13.9. The van der Waals surface area contributed by atoms with Crippen molar-refractivity contribution in [3.05, 3.63) is 35.3 Å². The average molecular weight is 312 g/mol. The predicted molar refractivity (Wildman–Crippen MR) is 84.1 cm³/mol. The van der Waals surface area contributed by atoms with E-state index in [4.69, 9.17) is 19.3 Å². The number of hydrogen-bond acceptors (Lipinski definition) is 6. The molecule has 118 valence electrons. The third kappa shape index (κ3) is 2.02. The van der Waals surface area contributed by atoms with Crippen LogP contribution in [0, 0.1) is 0 Å². The topological polar surface area (TPSA) is 91.5 Å². The van der Waals surface area contributed by atoms with Crippen molar-refractivity contribution < 1.29 is 18.4 Å². The minimum Gasteiger partial charge on any atom is -0.463 e. The van der Waals surface area contributed by atoms with Crippen LogP contribution in [0.5, 0.6) is 0 Å². The molecule has 0 radical (unpaired) electrons. The number of nitrogens with zero attached hydrogens (tertiary/aromatic N) is 1. The van der Waals surface area contributed by atoms with Crippen LogP contribution in [0.25, 0.3) is 22.6 Å². The molecular weight excluding hydrogens is 296 g/mol. The van der Waals surface area contributed by atoms with Crippen LogP contribution in [0.1, 0.15) is 35.0 Å². The van der Waals surface area contributed by atoms with Crippen molar-refractivity contribution in [2.24, 2.45) is 0 Å². The Morgan fingerprint density at radius 3 is 2.96 bits per heavy atom. The van der Waals surface area contributed by atoms with Crippen molar-refractivity contribution in [3.63, 3.8) is 0 Å². The number of rotatable bonds is 3. The van der Waals surface area contributed by atoms with Crippen LogP contribution in [0.4, 0.5) is 5.69 Å². The van der Waals surface area contributed by atoms with Crippen molar-refractivity contribution in [2.45, 2.75) is 26.2 Å². The van der Waals surface area contributed by atoms with Crippen molar-refractivity contribution in [2.75, 3.05) is 12.3 Å². The summed E-state index contributed by atoms with van der Waals surface area (Å²) in [6.45, 7) is 2.00. The highest BCUT2D eigenvalue weighted by Crippen LogP contribution is 2.40. The van der Waals surface area contributed by atoms with Gasteiger partial charge in [-0.2, -0.15) is 0 Å². The second-order valence-electron chi connectivity index (χ2n) is 5.49. The van der Waals surface area contributed by atoms with E-state index in [0.717, 1.165) is 41.5 Å². The zero-order chi connectivity index (χ0) is 16.0. The van der Waals surface area contributed by atoms with Crippen LogP contribution in [-0.2, 0) is 17.6 Å². The second-order valence-corrected chi connectivity index (χ2v) is 5.49. The molecule has 3 aromatic heterocycles. The molecule has 0 amide bonds. The van der Waals surface area contributed by atoms with E-state index in [0.29, 0.717) is 17.2 Å². The molecule has 6 heteroatoms. The summed E-state index contributed by atoms with van der Waals surface area (Å²) < 4.78 is 16.1. The molecule has 4 rings (SSSR count). The van der Waals surface area contributed by atoms with Crippen LogP contribution in [-0.4, -0.2) is 17.6 Å². The molecule has 0 unspecified atom stereocenters. The molecule has 0 bridgehead atoms. The molecule has 1 aliphatic carbocycles.